The van der Waals surface area contributed by atoms with Crippen LogP contribution in [0.15, 0.2) is 24.8 Å². The second-order valence-electron chi connectivity index (χ2n) is 5.32. The summed E-state index contributed by atoms with van der Waals surface area (Å²) in [7, 11) is 2.92. The predicted octanol–water partition coefficient (Wildman–Crippen LogP) is 1.28. The van der Waals surface area contributed by atoms with E-state index in [0.29, 0.717) is 25.6 Å². The molecule has 136 valence electrons. The van der Waals surface area contributed by atoms with Crippen molar-refractivity contribution in [3.05, 3.63) is 30.4 Å². The van der Waals surface area contributed by atoms with Crippen LogP contribution in [0, 0.1) is 0 Å². The fraction of sp³-hybridized carbons (Fsp3) is 0.471. The van der Waals surface area contributed by atoms with Gasteiger partial charge in [0.05, 0.1) is 33.9 Å². The number of ether oxygens (including phenoxy) is 3. The minimum absolute atomic E-state index is 0.157. The summed E-state index contributed by atoms with van der Waals surface area (Å²) in [5, 5.41) is 2.89. The Morgan fingerprint density at radius 2 is 2.00 bits per heavy atom. The van der Waals surface area contributed by atoms with E-state index in [1.807, 2.05) is 0 Å². The van der Waals surface area contributed by atoms with Crippen molar-refractivity contribution in [2.24, 2.45) is 0 Å². The van der Waals surface area contributed by atoms with Crippen molar-refractivity contribution >= 4 is 11.8 Å². The molecule has 0 N–H and O–H groups in total. The van der Waals surface area contributed by atoms with Crippen LogP contribution in [0.4, 0.5) is 0 Å². The molecule has 2 heterocycles. The number of nitrogens with zero attached hydrogens (tertiary/aromatic N) is 3. The standard InChI is InChI=1S/C17H23N3O5/c1-4-11-25-12-8-15(21)19-9-5-10-20(19)17(22)13-6-7-14(23-2)18-16(13)24-3/h4,6-7H,1,5,8-12H2,2-3H3. The Morgan fingerprint density at radius 1 is 1.24 bits per heavy atom. The maximum Gasteiger partial charge on any atom is 0.277 e. The minimum atomic E-state index is -0.329. The number of amides is 2. The maximum atomic E-state index is 12.8. The van der Waals surface area contributed by atoms with Gasteiger partial charge < -0.3 is 14.2 Å². The van der Waals surface area contributed by atoms with Gasteiger partial charge in [-0.3, -0.25) is 14.6 Å². The molecule has 8 nitrogen and oxygen atoms in total. The van der Waals surface area contributed by atoms with Gasteiger partial charge in [0.1, 0.15) is 5.56 Å². The lowest BCUT2D eigenvalue weighted by atomic mass is 10.2. The first kappa shape index (κ1) is 18.7. The number of carbonyl (C=O) groups is 2. The third-order valence-electron chi connectivity index (χ3n) is 3.72. The first-order valence-corrected chi connectivity index (χ1v) is 8.02. The Balaban J connectivity index is 2.09. The van der Waals surface area contributed by atoms with Gasteiger partial charge in [0.15, 0.2) is 0 Å². The summed E-state index contributed by atoms with van der Waals surface area (Å²) < 4.78 is 15.5. The van der Waals surface area contributed by atoms with E-state index in [9.17, 15) is 9.59 Å². The summed E-state index contributed by atoms with van der Waals surface area (Å²) in [5.41, 5.74) is 0.283. The van der Waals surface area contributed by atoms with E-state index in [0.717, 1.165) is 6.42 Å². The summed E-state index contributed by atoms with van der Waals surface area (Å²) in [6.07, 6.45) is 2.55. The average molecular weight is 349 g/mol. The number of carbonyl (C=O) groups excluding carboxylic acids is 2. The van der Waals surface area contributed by atoms with E-state index in [-0.39, 0.29) is 36.3 Å². The van der Waals surface area contributed by atoms with Gasteiger partial charge in [-0.1, -0.05) is 6.08 Å². The number of hydrazine groups is 1. The highest BCUT2D eigenvalue weighted by Gasteiger charge is 2.32. The molecule has 8 heteroatoms. The molecular formula is C17H23N3O5. The first-order chi connectivity index (χ1) is 12.1. The number of hydrogen-bond acceptors (Lipinski definition) is 6. The Morgan fingerprint density at radius 3 is 2.68 bits per heavy atom. The fourth-order valence-corrected chi connectivity index (χ4v) is 2.53. The van der Waals surface area contributed by atoms with Crippen LogP contribution in [0.25, 0.3) is 0 Å². The Hall–Kier alpha value is -2.61. The lowest BCUT2D eigenvalue weighted by molar-refractivity contribution is -0.141. The molecule has 0 bridgehead atoms. The summed E-state index contributed by atoms with van der Waals surface area (Å²) in [6, 6.07) is 3.17. The van der Waals surface area contributed by atoms with E-state index in [1.165, 1.54) is 24.2 Å². The second kappa shape index (κ2) is 9.03. The van der Waals surface area contributed by atoms with Crippen LogP contribution in [0.2, 0.25) is 0 Å². The largest absolute Gasteiger partial charge is 0.481 e. The van der Waals surface area contributed by atoms with Gasteiger partial charge in [0.2, 0.25) is 17.7 Å². The Kier molecular flexibility index (Phi) is 6.76. The van der Waals surface area contributed by atoms with E-state index in [1.54, 1.807) is 18.2 Å². The SMILES string of the molecule is C=CCOCCC(=O)N1CCCN1C(=O)c1ccc(OC)nc1OC. The first-order valence-electron chi connectivity index (χ1n) is 8.02. The molecule has 0 radical (unpaired) electrons. The van der Waals surface area contributed by atoms with Gasteiger partial charge in [0.25, 0.3) is 5.91 Å². The summed E-state index contributed by atoms with van der Waals surface area (Å²) in [4.78, 5) is 29.3. The van der Waals surface area contributed by atoms with Crippen LogP contribution in [0.1, 0.15) is 23.2 Å². The third-order valence-corrected chi connectivity index (χ3v) is 3.72. The average Bonchev–Trinajstić information content (AvgIpc) is 3.13. The van der Waals surface area contributed by atoms with Crippen molar-refractivity contribution in [3.63, 3.8) is 0 Å². The molecule has 25 heavy (non-hydrogen) atoms. The highest BCUT2D eigenvalue weighted by Crippen LogP contribution is 2.24. The van der Waals surface area contributed by atoms with Gasteiger partial charge >= 0.3 is 0 Å². The molecule has 2 amide bonds. The minimum Gasteiger partial charge on any atom is -0.481 e. The maximum absolute atomic E-state index is 12.8. The number of rotatable bonds is 8. The molecule has 1 aliphatic rings. The van der Waals surface area contributed by atoms with Gasteiger partial charge in [0, 0.05) is 19.2 Å². The Labute approximate surface area is 146 Å². The van der Waals surface area contributed by atoms with Gasteiger partial charge in [-0.25, -0.2) is 5.01 Å². The third kappa shape index (κ3) is 4.48. The van der Waals surface area contributed by atoms with Gasteiger partial charge in [-0.15, -0.1) is 6.58 Å². The molecule has 0 aliphatic carbocycles. The lowest BCUT2D eigenvalue weighted by Crippen LogP contribution is -2.45. The zero-order valence-electron chi connectivity index (χ0n) is 14.6. The van der Waals surface area contributed by atoms with Crippen LogP contribution in [0.5, 0.6) is 11.8 Å². The molecule has 0 saturated carbocycles. The molecule has 1 fully saturated rings. The van der Waals surface area contributed by atoms with Crippen molar-refractivity contribution in [2.75, 3.05) is 40.5 Å². The normalized spacial score (nSPS) is 13.7. The van der Waals surface area contributed by atoms with Crippen molar-refractivity contribution in [2.45, 2.75) is 12.8 Å². The van der Waals surface area contributed by atoms with Crippen LogP contribution in [-0.4, -0.2) is 67.3 Å². The molecule has 1 aromatic heterocycles. The van der Waals surface area contributed by atoms with E-state index in [4.69, 9.17) is 14.2 Å². The van der Waals surface area contributed by atoms with Crippen LogP contribution in [-0.2, 0) is 9.53 Å². The van der Waals surface area contributed by atoms with Crippen molar-refractivity contribution in [3.8, 4) is 11.8 Å². The van der Waals surface area contributed by atoms with Gasteiger partial charge in [-0.2, -0.15) is 4.98 Å². The van der Waals surface area contributed by atoms with Crippen LogP contribution < -0.4 is 9.47 Å². The summed E-state index contributed by atoms with van der Waals surface area (Å²) in [5.74, 6) is 0.0281. The van der Waals surface area contributed by atoms with Crippen molar-refractivity contribution < 1.29 is 23.8 Å². The molecular weight excluding hydrogens is 326 g/mol. The molecule has 0 atom stereocenters. The summed E-state index contributed by atoms with van der Waals surface area (Å²) in [6.45, 7) is 5.20. The zero-order chi connectivity index (χ0) is 18.2. The molecule has 2 rings (SSSR count). The van der Waals surface area contributed by atoms with Crippen LogP contribution >= 0.6 is 0 Å². The quantitative estimate of drug-likeness (QED) is 0.519. The number of aromatic nitrogens is 1. The highest BCUT2D eigenvalue weighted by molar-refractivity contribution is 5.97. The van der Waals surface area contributed by atoms with E-state index < -0.39 is 0 Å². The zero-order valence-corrected chi connectivity index (χ0v) is 14.6. The van der Waals surface area contributed by atoms with Crippen LogP contribution in [0.3, 0.4) is 0 Å². The smallest absolute Gasteiger partial charge is 0.277 e. The molecule has 0 spiro atoms. The van der Waals surface area contributed by atoms with E-state index in [2.05, 4.69) is 11.6 Å². The number of hydrogen-bond donors (Lipinski definition) is 0. The number of pyridine rings is 1. The molecule has 1 aliphatic heterocycles. The Bertz CT molecular complexity index is 635. The molecule has 1 saturated heterocycles. The topological polar surface area (TPSA) is 81.2 Å². The predicted molar refractivity (Wildman–Crippen MR) is 90.3 cm³/mol. The molecule has 0 unspecified atom stereocenters. The highest BCUT2D eigenvalue weighted by atomic mass is 16.5. The second-order valence-corrected chi connectivity index (χ2v) is 5.32. The molecule has 1 aromatic rings. The van der Waals surface area contributed by atoms with Crippen molar-refractivity contribution in [1.29, 1.82) is 0 Å². The van der Waals surface area contributed by atoms with Gasteiger partial charge in [-0.05, 0) is 12.5 Å². The lowest BCUT2D eigenvalue weighted by Gasteiger charge is -2.28. The molecule has 0 aromatic carbocycles. The monoisotopic (exact) mass is 349 g/mol. The number of methoxy groups -OCH3 is 2. The fourth-order valence-electron chi connectivity index (χ4n) is 2.53. The van der Waals surface area contributed by atoms with E-state index >= 15 is 0 Å². The van der Waals surface area contributed by atoms with Crippen molar-refractivity contribution in [1.82, 2.24) is 15.0 Å². The summed E-state index contributed by atoms with van der Waals surface area (Å²) >= 11 is 0.